The predicted octanol–water partition coefficient (Wildman–Crippen LogP) is 3.35. The number of halogens is 1. The molecule has 3 heteroatoms. The van der Waals surface area contributed by atoms with Gasteiger partial charge in [-0.2, -0.15) is 0 Å². The highest BCUT2D eigenvalue weighted by Gasteiger charge is 2.25. The second kappa shape index (κ2) is 6.05. The van der Waals surface area contributed by atoms with E-state index in [1.807, 2.05) is 6.92 Å². The monoisotopic (exact) mass is 266 g/mol. The van der Waals surface area contributed by atoms with Crippen LogP contribution in [0.4, 0.5) is 0 Å². The van der Waals surface area contributed by atoms with E-state index in [1.54, 1.807) is 0 Å². The van der Waals surface area contributed by atoms with Crippen molar-refractivity contribution in [2.45, 2.75) is 51.7 Å². The van der Waals surface area contributed by atoms with Crippen LogP contribution in [0, 0.1) is 6.92 Å². The van der Waals surface area contributed by atoms with Crippen molar-refractivity contribution < 1.29 is 0 Å². The number of piperidine rings is 1. The number of hydrogen-bond acceptors (Lipinski definition) is 2. The first-order valence-electron chi connectivity index (χ1n) is 6.82. The van der Waals surface area contributed by atoms with Crippen molar-refractivity contribution in [1.82, 2.24) is 4.90 Å². The lowest BCUT2D eigenvalue weighted by Gasteiger charge is -2.38. The van der Waals surface area contributed by atoms with Crippen molar-refractivity contribution in [2.24, 2.45) is 5.73 Å². The summed E-state index contributed by atoms with van der Waals surface area (Å²) in [6.07, 6.45) is 3.80. The van der Waals surface area contributed by atoms with Crippen LogP contribution in [-0.2, 0) is 6.54 Å². The maximum atomic E-state index is 6.19. The lowest BCUT2D eigenvalue weighted by atomic mass is 9.96. The third-order valence-electron chi connectivity index (χ3n) is 3.89. The van der Waals surface area contributed by atoms with Gasteiger partial charge in [-0.05, 0) is 50.4 Å². The van der Waals surface area contributed by atoms with Gasteiger partial charge in [0, 0.05) is 23.7 Å². The summed E-state index contributed by atoms with van der Waals surface area (Å²) in [7, 11) is 0. The molecule has 0 spiro atoms. The van der Waals surface area contributed by atoms with Crippen molar-refractivity contribution in [3.63, 3.8) is 0 Å². The summed E-state index contributed by atoms with van der Waals surface area (Å²) >= 11 is 6.19. The van der Waals surface area contributed by atoms with Crippen LogP contribution in [-0.4, -0.2) is 23.5 Å². The number of likely N-dealkylation sites (tertiary alicyclic amines) is 1. The highest BCUT2D eigenvalue weighted by molar-refractivity contribution is 6.31. The highest BCUT2D eigenvalue weighted by Crippen LogP contribution is 2.23. The van der Waals surface area contributed by atoms with E-state index in [2.05, 4.69) is 30.0 Å². The van der Waals surface area contributed by atoms with Crippen LogP contribution in [0.15, 0.2) is 18.2 Å². The summed E-state index contributed by atoms with van der Waals surface area (Å²) in [5, 5.41) is 0.863. The highest BCUT2D eigenvalue weighted by atomic mass is 35.5. The molecule has 1 aromatic carbocycles. The molecule has 2 N–H and O–H groups in total. The van der Waals surface area contributed by atoms with Gasteiger partial charge in [0.1, 0.15) is 0 Å². The Bertz CT molecular complexity index is 403. The van der Waals surface area contributed by atoms with Gasteiger partial charge in [0.25, 0.3) is 0 Å². The lowest BCUT2D eigenvalue weighted by molar-refractivity contribution is 0.123. The van der Waals surface area contributed by atoms with Gasteiger partial charge in [0.05, 0.1) is 0 Å². The van der Waals surface area contributed by atoms with Gasteiger partial charge in [-0.1, -0.05) is 30.2 Å². The van der Waals surface area contributed by atoms with E-state index < -0.39 is 0 Å². The molecule has 1 aliphatic rings. The van der Waals surface area contributed by atoms with E-state index in [0.29, 0.717) is 6.04 Å². The van der Waals surface area contributed by atoms with E-state index in [9.17, 15) is 0 Å². The first-order chi connectivity index (χ1) is 8.58. The summed E-state index contributed by atoms with van der Waals surface area (Å²) in [5.74, 6) is 0. The Labute approximate surface area is 115 Å². The van der Waals surface area contributed by atoms with Crippen molar-refractivity contribution in [3.05, 3.63) is 34.3 Å². The molecule has 2 nitrogen and oxygen atoms in total. The Balaban J connectivity index is 2.08. The molecule has 18 heavy (non-hydrogen) atoms. The molecular formula is C15H23ClN2. The zero-order valence-electron chi connectivity index (χ0n) is 11.3. The summed E-state index contributed by atoms with van der Waals surface area (Å²) in [6.45, 7) is 6.27. The van der Waals surface area contributed by atoms with Crippen molar-refractivity contribution in [2.75, 3.05) is 6.54 Å². The Kier molecular flexibility index (Phi) is 4.66. The van der Waals surface area contributed by atoms with Crippen LogP contribution >= 0.6 is 11.6 Å². The van der Waals surface area contributed by atoms with Gasteiger partial charge < -0.3 is 5.73 Å². The van der Waals surface area contributed by atoms with Crippen molar-refractivity contribution in [1.29, 1.82) is 0 Å². The Hall–Kier alpha value is -0.570. The van der Waals surface area contributed by atoms with E-state index in [-0.39, 0.29) is 6.04 Å². The molecule has 0 bridgehead atoms. The molecule has 0 amide bonds. The van der Waals surface area contributed by atoms with Gasteiger partial charge in [-0.25, -0.2) is 0 Å². The van der Waals surface area contributed by atoms with Gasteiger partial charge in [0.2, 0.25) is 0 Å². The fraction of sp³-hybridized carbons (Fsp3) is 0.600. The largest absolute Gasteiger partial charge is 0.327 e. The van der Waals surface area contributed by atoms with Crippen LogP contribution in [0.3, 0.4) is 0 Å². The average molecular weight is 267 g/mol. The minimum absolute atomic E-state index is 0.242. The topological polar surface area (TPSA) is 29.3 Å². The maximum Gasteiger partial charge on any atom is 0.0438 e. The summed E-state index contributed by atoms with van der Waals surface area (Å²) in [6, 6.07) is 7.12. The number of hydrogen-bond donors (Lipinski definition) is 1. The molecule has 1 aromatic rings. The molecule has 0 saturated carbocycles. The third-order valence-corrected chi connectivity index (χ3v) is 4.30. The molecule has 0 aromatic heterocycles. The number of benzene rings is 1. The lowest BCUT2D eigenvalue weighted by Crippen LogP contribution is -2.48. The van der Waals surface area contributed by atoms with E-state index >= 15 is 0 Å². The fourth-order valence-corrected chi connectivity index (χ4v) is 2.98. The minimum Gasteiger partial charge on any atom is -0.327 e. The van der Waals surface area contributed by atoms with Gasteiger partial charge in [0.15, 0.2) is 0 Å². The molecule has 2 unspecified atom stereocenters. The Morgan fingerprint density at radius 1 is 1.44 bits per heavy atom. The maximum absolute atomic E-state index is 6.19. The molecule has 1 saturated heterocycles. The van der Waals surface area contributed by atoms with Crippen LogP contribution in [0.25, 0.3) is 0 Å². The fourth-order valence-electron chi connectivity index (χ4n) is 2.78. The van der Waals surface area contributed by atoms with E-state index in [0.717, 1.165) is 23.7 Å². The van der Waals surface area contributed by atoms with Gasteiger partial charge >= 0.3 is 0 Å². The number of rotatable bonds is 3. The third kappa shape index (κ3) is 3.25. The first-order valence-corrected chi connectivity index (χ1v) is 7.20. The normalized spacial score (nSPS) is 23.0. The Morgan fingerprint density at radius 3 is 2.89 bits per heavy atom. The zero-order chi connectivity index (χ0) is 13.1. The summed E-state index contributed by atoms with van der Waals surface area (Å²) in [5.41, 5.74) is 8.53. The molecule has 1 heterocycles. The molecule has 1 aliphatic heterocycles. The number of nitrogens with two attached hydrogens (primary N) is 1. The molecule has 2 atom stereocenters. The zero-order valence-corrected chi connectivity index (χ0v) is 12.1. The molecule has 100 valence electrons. The smallest absolute Gasteiger partial charge is 0.0438 e. The summed E-state index contributed by atoms with van der Waals surface area (Å²) < 4.78 is 0. The SMILES string of the molecule is Cc1ccc(CN2CCCCC2C(C)N)cc1Cl. The standard InChI is InChI=1S/C15H23ClN2/c1-11-6-7-13(9-14(11)16)10-18-8-4-3-5-15(18)12(2)17/h6-7,9,12,15H,3-5,8,10,17H2,1-2H3. The Morgan fingerprint density at radius 2 is 2.22 bits per heavy atom. The summed E-state index contributed by atoms with van der Waals surface area (Å²) in [4.78, 5) is 2.51. The molecular weight excluding hydrogens is 244 g/mol. The number of nitrogens with zero attached hydrogens (tertiary/aromatic N) is 1. The van der Waals surface area contributed by atoms with Crippen LogP contribution in [0.2, 0.25) is 5.02 Å². The second-order valence-corrected chi connectivity index (χ2v) is 5.88. The predicted molar refractivity (Wildman–Crippen MR) is 77.9 cm³/mol. The minimum atomic E-state index is 0.242. The molecule has 0 radical (unpaired) electrons. The second-order valence-electron chi connectivity index (χ2n) is 5.48. The van der Waals surface area contributed by atoms with E-state index in [1.165, 1.54) is 24.8 Å². The van der Waals surface area contributed by atoms with Gasteiger partial charge in [-0.3, -0.25) is 4.90 Å². The quantitative estimate of drug-likeness (QED) is 0.909. The molecule has 1 fully saturated rings. The molecule has 2 rings (SSSR count). The van der Waals surface area contributed by atoms with Crippen molar-refractivity contribution >= 4 is 11.6 Å². The van der Waals surface area contributed by atoms with Gasteiger partial charge in [-0.15, -0.1) is 0 Å². The first kappa shape index (κ1) is 13.9. The van der Waals surface area contributed by atoms with Crippen LogP contribution in [0.5, 0.6) is 0 Å². The van der Waals surface area contributed by atoms with Crippen molar-refractivity contribution in [3.8, 4) is 0 Å². The van der Waals surface area contributed by atoms with E-state index in [4.69, 9.17) is 17.3 Å². The van der Waals surface area contributed by atoms with Crippen LogP contribution in [0.1, 0.15) is 37.3 Å². The van der Waals surface area contributed by atoms with Crippen LogP contribution < -0.4 is 5.73 Å². The number of aryl methyl sites for hydroxylation is 1. The molecule has 0 aliphatic carbocycles. The average Bonchev–Trinajstić information content (AvgIpc) is 2.34.